The van der Waals surface area contributed by atoms with Gasteiger partial charge < -0.3 is 15.0 Å². The van der Waals surface area contributed by atoms with Crippen LogP contribution < -0.4 is 5.32 Å². The number of thioether (sulfide) groups is 1. The fraction of sp³-hybridized carbons (Fsp3) is 0.250. The van der Waals surface area contributed by atoms with E-state index in [1.165, 1.54) is 0 Å². The van der Waals surface area contributed by atoms with Gasteiger partial charge in [-0.3, -0.25) is 9.59 Å². The number of aromatic nitrogens is 2. The predicted octanol–water partition coefficient (Wildman–Crippen LogP) is 3.73. The minimum absolute atomic E-state index is 0.148. The summed E-state index contributed by atoms with van der Waals surface area (Å²) >= 11 is 1.65. The summed E-state index contributed by atoms with van der Waals surface area (Å²) in [7, 11) is 0. The molecule has 0 aliphatic carbocycles. The molecule has 0 fully saturated rings. The zero-order chi connectivity index (χ0) is 19.4. The zero-order valence-corrected chi connectivity index (χ0v) is 16.0. The maximum Gasteiger partial charge on any atom is 0.310 e. The van der Waals surface area contributed by atoms with Crippen LogP contribution in [0.1, 0.15) is 24.2 Å². The number of amides is 1. The minimum Gasteiger partial charge on any atom is -0.481 e. The van der Waals surface area contributed by atoms with Crippen LogP contribution in [0.2, 0.25) is 0 Å². The number of carboxylic acids is 1. The summed E-state index contributed by atoms with van der Waals surface area (Å²) in [5.74, 6) is -0.140. The van der Waals surface area contributed by atoms with E-state index in [4.69, 9.17) is 5.11 Å². The second kappa shape index (κ2) is 8.26. The summed E-state index contributed by atoms with van der Waals surface area (Å²) in [4.78, 5) is 28.4. The molecular formula is C20H21N3O3S. The molecule has 1 aromatic heterocycles. The number of carbonyl (C=O) groups excluding carboxylic acids is 1. The first-order valence-corrected chi connectivity index (χ1v) is 9.94. The van der Waals surface area contributed by atoms with E-state index >= 15 is 0 Å². The summed E-state index contributed by atoms with van der Waals surface area (Å²) < 4.78 is 1.92. The van der Waals surface area contributed by atoms with Crippen LogP contribution in [0, 0.1) is 0 Å². The van der Waals surface area contributed by atoms with Crippen molar-refractivity contribution in [3.63, 3.8) is 0 Å². The molecule has 7 heteroatoms. The Hall–Kier alpha value is -2.80. The van der Waals surface area contributed by atoms with Crippen LogP contribution in [0.4, 0.5) is 5.69 Å². The molecule has 0 bridgehead atoms. The molecule has 3 aromatic rings. The third kappa shape index (κ3) is 4.31. The van der Waals surface area contributed by atoms with Gasteiger partial charge in [0, 0.05) is 5.69 Å². The lowest BCUT2D eigenvalue weighted by molar-refractivity contribution is -0.138. The average Bonchev–Trinajstić information content (AvgIpc) is 2.99. The number of aliphatic carboxylic acids is 1. The lowest BCUT2D eigenvalue weighted by Gasteiger charge is -2.12. The molecular weight excluding hydrogens is 362 g/mol. The van der Waals surface area contributed by atoms with Crippen LogP contribution in [0.3, 0.4) is 0 Å². The van der Waals surface area contributed by atoms with Crippen molar-refractivity contribution < 1.29 is 14.7 Å². The largest absolute Gasteiger partial charge is 0.481 e. The van der Waals surface area contributed by atoms with E-state index in [-0.39, 0.29) is 12.5 Å². The van der Waals surface area contributed by atoms with Gasteiger partial charge in [0.1, 0.15) is 12.4 Å². The van der Waals surface area contributed by atoms with Gasteiger partial charge in [-0.1, -0.05) is 24.3 Å². The molecule has 2 aromatic carbocycles. The van der Waals surface area contributed by atoms with Crippen LogP contribution >= 0.6 is 11.8 Å². The summed E-state index contributed by atoms with van der Waals surface area (Å²) in [6, 6.07) is 14.7. The van der Waals surface area contributed by atoms with Crippen LogP contribution in [0.25, 0.3) is 11.0 Å². The third-order valence-electron chi connectivity index (χ3n) is 4.35. The van der Waals surface area contributed by atoms with Crippen molar-refractivity contribution in [3.05, 3.63) is 59.9 Å². The molecule has 1 heterocycles. The van der Waals surface area contributed by atoms with E-state index < -0.39 is 11.9 Å². The Morgan fingerprint density at radius 1 is 1.22 bits per heavy atom. The molecule has 2 N–H and O–H groups in total. The van der Waals surface area contributed by atoms with Gasteiger partial charge in [0.2, 0.25) is 5.91 Å². The van der Waals surface area contributed by atoms with E-state index in [9.17, 15) is 9.59 Å². The molecule has 0 saturated heterocycles. The van der Waals surface area contributed by atoms with Crippen LogP contribution in [0.5, 0.6) is 0 Å². The molecule has 0 aliphatic rings. The molecule has 0 spiro atoms. The topological polar surface area (TPSA) is 84.2 Å². The second-order valence-corrected chi connectivity index (χ2v) is 7.14. The average molecular weight is 383 g/mol. The number of para-hydroxylation sites is 2. The molecule has 0 saturated carbocycles. The number of imidazole rings is 1. The van der Waals surface area contributed by atoms with Crippen molar-refractivity contribution in [2.75, 3.05) is 11.6 Å². The number of hydrogen-bond donors (Lipinski definition) is 2. The molecule has 3 rings (SSSR count). The van der Waals surface area contributed by atoms with Crippen molar-refractivity contribution >= 4 is 40.4 Å². The monoisotopic (exact) mass is 383 g/mol. The zero-order valence-electron chi connectivity index (χ0n) is 15.2. The fourth-order valence-corrected chi connectivity index (χ4v) is 3.39. The van der Waals surface area contributed by atoms with Crippen molar-refractivity contribution in [1.29, 1.82) is 0 Å². The molecule has 140 valence electrons. The van der Waals surface area contributed by atoms with Crippen molar-refractivity contribution in [2.24, 2.45) is 0 Å². The van der Waals surface area contributed by atoms with Gasteiger partial charge in [0.05, 0.1) is 22.7 Å². The van der Waals surface area contributed by atoms with Gasteiger partial charge in [0.15, 0.2) is 0 Å². The Morgan fingerprint density at radius 2 is 2.00 bits per heavy atom. The van der Waals surface area contributed by atoms with E-state index in [2.05, 4.69) is 10.3 Å². The SMILES string of the molecule is CSCc1nc2ccccc2n1CC(=O)Nc1cccc(C(C)C(=O)O)c1. The van der Waals surface area contributed by atoms with E-state index in [1.54, 1.807) is 43.0 Å². The van der Waals surface area contributed by atoms with Gasteiger partial charge in [-0.25, -0.2) is 4.98 Å². The Kier molecular flexibility index (Phi) is 5.81. The maximum absolute atomic E-state index is 12.6. The van der Waals surface area contributed by atoms with Crippen molar-refractivity contribution in [3.8, 4) is 0 Å². The number of carbonyl (C=O) groups is 2. The lowest BCUT2D eigenvalue weighted by atomic mass is 10.0. The first-order chi connectivity index (χ1) is 13.0. The number of fused-ring (bicyclic) bond motifs is 1. The molecule has 0 radical (unpaired) electrons. The van der Waals surface area contributed by atoms with Crippen LogP contribution in [-0.2, 0) is 21.9 Å². The summed E-state index contributed by atoms with van der Waals surface area (Å²) in [5.41, 5.74) is 3.02. The highest BCUT2D eigenvalue weighted by atomic mass is 32.2. The second-order valence-electron chi connectivity index (χ2n) is 6.27. The van der Waals surface area contributed by atoms with Gasteiger partial charge in [-0.2, -0.15) is 11.8 Å². The molecule has 6 nitrogen and oxygen atoms in total. The highest BCUT2D eigenvalue weighted by Crippen LogP contribution is 2.21. The van der Waals surface area contributed by atoms with Gasteiger partial charge in [-0.15, -0.1) is 0 Å². The molecule has 0 aliphatic heterocycles. The molecule has 1 amide bonds. The summed E-state index contributed by atoms with van der Waals surface area (Å²) in [6.45, 7) is 1.77. The summed E-state index contributed by atoms with van der Waals surface area (Å²) in [6.07, 6.45) is 2.00. The van der Waals surface area contributed by atoms with E-state index in [1.807, 2.05) is 35.1 Å². The number of benzene rings is 2. The Labute approximate surface area is 161 Å². The fourth-order valence-electron chi connectivity index (χ4n) is 2.91. The third-order valence-corrected chi connectivity index (χ3v) is 4.90. The molecule has 27 heavy (non-hydrogen) atoms. The Bertz CT molecular complexity index is 984. The van der Waals surface area contributed by atoms with Gasteiger partial charge >= 0.3 is 5.97 Å². The summed E-state index contributed by atoms with van der Waals surface area (Å²) in [5, 5.41) is 12.0. The predicted molar refractivity (Wildman–Crippen MR) is 108 cm³/mol. The molecule has 1 unspecified atom stereocenters. The number of nitrogens with one attached hydrogen (secondary N) is 1. The number of nitrogens with zero attached hydrogens (tertiary/aromatic N) is 2. The maximum atomic E-state index is 12.6. The van der Waals surface area contributed by atoms with Crippen molar-refractivity contribution in [1.82, 2.24) is 9.55 Å². The highest BCUT2D eigenvalue weighted by molar-refractivity contribution is 7.97. The first-order valence-electron chi connectivity index (χ1n) is 8.55. The number of hydrogen-bond acceptors (Lipinski definition) is 4. The van der Waals surface area contributed by atoms with E-state index in [0.717, 1.165) is 16.9 Å². The van der Waals surface area contributed by atoms with E-state index in [0.29, 0.717) is 17.0 Å². The number of rotatable bonds is 7. The lowest BCUT2D eigenvalue weighted by Crippen LogP contribution is -2.20. The van der Waals surface area contributed by atoms with Crippen LogP contribution in [-0.4, -0.2) is 32.8 Å². The smallest absolute Gasteiger partial charge is 0.310 e. The van der Waals surface area contributed by atoms with Crippen LogP contribution in [0.15, 0.2) is 48.5 Å². The quantitative estimate of drug-likeness (QED) is 0.649. The highest BCUT2D eigenvalue weighted by Gasteiger charge is 2.16. The number of carboxylic acid groups (broad SMARTS) is 1. The standard InChI is InChI=1S/C20H21N3O3S/c1-13(20(25)26)14-6-5-7-15(10-14)21-19(24)11-23-17-9-4-3-8-16(17)22-18(23)12-27-2/h3-10,13H,11-12H2,1-2H3,(H,21,24)(H,25,26). The Balaban J connectivity index is 1.81. The molecule has 1 atom stereocenters. The number of anilines is 1. The van der Waals surface area contributed by atoms with Gasteiger partial charge in [0.25, 0.3) is 0 Å². The van der Waals surface area contributed by atoms with Gasteiger partial charge in [-0.05, 0) is 43.0 Å². The van der Waals surface area contributed by atoms with Crippen molar-refractivity contribution in [2.45, 2.75) is 25.1 Å². The Morgan fingerprint density at radius 3 is 2.74 bits per heavy atom. The first kappa shape index (κ1) is 19.0. The minimum atomic E-state index is -0.898. The normalized spacial score (nSPS) is 12.1.